The van der Waals surface area contributed by atoms with Crippen LogP contribution in [0.15, 0.2) is 12.4 Å². The molecule has 0 unspecified atom stereocenters. The number of nitrogens with zero attached hydrogens (tertiary/aromatic N) is 4. The van der Waals surface area contributed by atoms with E-state index in [9.17, 15) is 14.4 Å². The van der Waals surface area contributed by atoms with Crippen LogP contribution in [0.5, 0.6) is 0 Å². The molecule has 2 amide bonds. The lowest BCUT2D eigenvalue weighted by atomic mass is 10.2. The van der Waals surface area contributed by atoms with Gasteiger partial charge in [0, 0.05) is 27.3 Å². The Morgan fingerprint density at radius 2 is 1.91 bits per heavy atom. The average Bonchev–Trinajstić information content (AvgIpc) is 3.01. The Morgan fingerprint density at radius 1 is 1.23 bits per heavy atom. The molecule has 116 valence electrons. The van der Waals surface area contributed by atoms with Gasteiger partial charge in [0.25, 0.3) is 11.8 Å². The second-order valence-electron chi connectivity index (χ2n) is 4.43. The number of anilines is 1. The number of carbonyl (C=O) groups excluding carboxylic acids is 2. The summed E-state index contributed by atoms with van der Waals surface area (Å²) in [5.74, 6) is -2.44. The molecule has 0 saturated carbocycles. The zero-order valence-electron chi connectivity index (χ0n) is 12.1. The zero-order valence-corrected chi connectivity index (χ0v) is 12.1. The molecule has 2 aromatic rings. The quantitative estimate of drug-likeness (QED) is 0.695. The van der Waals surface area contributed by atoms with Gasteiger partial charge in [-0.15, -0.1) is 0 Å². The van der Waals surface area contributed by atoms with Gasteiger partial charge in [-0.05, 0) is 0 Å². The van der Waals surface area contributed by atoms with Gasteiger partial charge in [0.05, 0.1) is 11.9 Å². The maximum absolute atomic E-state index is 12.3. The second-order valence-corrected chi connectivity index (χ2v) is 4.43. The predicted octanol–water partition coefficient (Wildman–Crippen LogP) is -0.536. The molecule has 3 N–H and O–H groups in total. The normalized spacial score (nSPS) is 10.3. The largest absolute Gasteiger partial charge is 0.478 e. The lowest BCUT2D eigenvalue weighted by molar-refractivity contribution is 0.0692. The number of hydrogen-bond donors (Lipinski definition) is 3. The molecule has 10 nitrogen and oxygen atoms in total. The van der Waals surface area contributed by atoms with Gasteiger partial charge in [-0.1, -0.05) is 0 Å². The molecule has 0 saturated heterocycles. The SMILES string of the molecule is CNC(=O)c1nn(C)cc1NC(=O)c1c(C(=O)O)cnn1C. The Labute approximate surface area is 124 Å². The van der Waals surface area contributed by atoms with Crippen LogP contribution in [0.3, 0.4) is 0 Å². The van der Waals surface area contributed by atoms with Crippen molar-refractivity contribution in [2.75, 3.05) is 12.4 Å². The van der Waals surface area contributed by atoms with Crippen molar-refractivity contribution in [2.24, 2.45) is 14.1 Å². The lowest BCUT2D eigenvalue weighted by Crippen LogP contribution is -2.23. The number of hydrogen-bond acceptors (Lipinski definition) is 5. The lowest BCUT2D eigenvalue weighted by Gasteiger charge is -2.06. The smallest absolute Gasteiger partial charge is 0.339 e. The fraction of sp³-hybridized carbons (Fsp3) is 0.250. The molecule has 2 heterocycles. The number of carboxylic acid groups (broad SMARTS) is 1. The van der Waals surface area contributed by atoms with Gasteiger partial charge in [-0.2, -0.15) is 10.2 Å². The Hall–Kier alpha value is -3.17. The molecule has 0 spiro atoms. The summed E-state index contributed by atoms with van der Waals surface area (Å²) in [6, 6.07) is 0. The highest BCUT2D eigenvalue weighted by atomic mass is 16.4. The maximum Gasteiger partial charge on any atom is 0.339 e. The molecule has 0 aliphatic heterocycles. The Balaban J connectivity index is 2.36. The highest BCUT2D eigenvalue weighted by molar-refractivity contribution is 6.11. The molecule has 2 aromatic heterocycles. The van der Waals surface area contributed by atoms with E-state index < -0.39 is 17.8 Å². The van der Waals surface area contributed by atoms with Crippen LogP contribution in [0.2, 0.25) is 0 Å². The molecule has 0 aliphatic rings. The second kappa shape index (κ2) is 5.68. The van der Waals surface area contributed by atoms with Gasteiger partial charge in [-0.25, -0.2) is 4.79 Å². The van der Waals surface area contributed by atoms with Crippen LogP contribution in [0, 0.1) is 0 Å². The van der Waals surface area contributed by atoms with Gasteiger partial charge in [0.15, 0.2) is 5.69 Å². The zero-order chi connectivity index (χ0) is 16.4. The van der Waals surface area contributed by atoms with Crippen molar-refractivity contribution in [3.05, 3.63) is 29.3 Å². The average molecular weight is 306 g/mol. The first-order chi connectivity index (χ1) is 10.3. The monoisotopic (exact) mass is 306 g/mol. The molecule has 0 radical (unpaired) electrons. The minimum Gasteiger partial charge on any atom is -0.478 e. The topological polar surface area (TPSA) is 131 Å². The summed E-state index contributed by atoms with van der Waals surface area (Å²) in [5.41, 5.74) is -0.161. The number of carbonyl (C=O) groups is 3. The van der Waals surface area contributed by atoms with Gasteiger partial charge in [-0.3, -0.25) is 19.0 Å². The van der Waals surface area contributed by atoms with Crippen LogP contribution < -0.4 is 10.6 Å². The van der Waals surface area contributed by atoms with Gasteiger partial charge in [0.1, 0.15) is 11.3 Å². The van der Waals surface area contributed by atoms with Crippen molar-refractivity contribution < 1.29 is 19.5 Å². The van der Waals surface area contributed by atoms with Crippen molar-refractivity contribution in [1.29, 1.82) is 0 Å². The van der Waals surface area contributed by atoms with Crippen molar-refractivity contribution >= 4 is 23.5 Å². The van der Waals surface area contributed by atoms with E-state index >= 15 is 0 Å². The van der Waals surface area contributed by atoms with E-state index in [-0.39, 0.29) is 22.6 Å². The van der Waals surface area contributed by atoms with E-state index in [1.165, 1.54) is 25.0 Å². The van der Waals surface area contributed by atoms with Crippen LogP contribution in [0.25, 0.3) is 0 Å². The van der Waals surface area contributed by atoms with Crippen molar-refractivity contribution in [1.82, 2.24) is 24.9 Å². The summed E-state index contributed by atoms with van der Waals surface area (Å²) in [5, 5.41) is 21.7. The Bertz CT molecular complexity index is 760. The summed E-state index contributed by atoms with van der Waals surface area (Å²) in [7, 11) is 4.48. The van der Waals surface area contributed by atoms with Gasteiger partial charge in [0.2, 0.25) is 0 Å². The third-order valence-electron chi connectivity index (χ3n) is 2.90. The number of aromatic carboxylic acids is 1. The number of nitrogens with one attached hydrogen (secondary N) is 2. The summed E-state index contributed by atoms with van der Waals surface area (Å²) in [4.78, 5) is 35.1. The molecule has 0 aromatic carbocycles. The highest BCUT2D eigenvalue weighted by Gasteiger charge is 2.24. The number of aryl methyl sites for hydroxylation is 2. The number of rotatable bonds is 4. The highest BCUT2D eigenvalue weighted by Crippen LogP contribution is 2.16. The standard InChI is InChI=1S/C12H14N6O4/c1-13-10(19)8-7(5-17(2)16-8)15-11(20)9-6(12(21)22)4-14-18(9)3/h4-5H,1-3H3,(H,13,19)(H,15,20)(H,21,22). The molecule has 0 aliphatic carbocycles. The first-order valence-electron chi connectivity index (χ1n) is 6.17. The van der Waals surface area contributed by atoms with Crippen LogP contribution >= 0.6 is 0 Å². The third-order valence-corrected chi connectivity index (χ3v) is 2.90. The minimum atomic E-state index is -1.27. The molecule has 22 heavy (non-hydrogen) atoms. The van der Waals surface area contributed by atoms with Crippen molar-refractivity contribution in [3.8, 4) is 0 Å². The van der Waals surface area contributed by atoms with E-state index in [1.807, 2.05) is 0 Å². The van der Waals surface area contributed by atoms with Gasteiger partial charge < -0.3 is 15.7 Å². The number of carboxylic acids is 1. The minimum absolute atomic E-state index is 0.0254. The Morgan fingerprint density at radius 3 is 2.50 bits per heavy atom. The predicted molar refractivity (Wildman–Crippen MR) is 74.7 cm³/mol. The van der Waals surface area contributed by atoms with E-state index in [0.29, 0.717) is 0 Å². The van der Waals surface area contributed by atoms with Gasteiger partial charge >= 0.3 is 5.97 Å². The van der Waals surface area contributed by atoms with Crippen LogP contribution in [0.1, 0.15) is 31.3 Å². The number of aromatic nitrogens is 4. The summed E-state index contributed by atoms with van der Waals surface area (Å²) in [6.45, 7) is 0. The Kier molecular flexibility index (Phi) is 3.93. The molecule has 2 rings (SSSR count). The van der Waals surface area contributed by atoms with Crippen LogP contribution in [-0.2, 0) is 14.1 Å². The van der Waals surface area contributed by atoms with Crippen molar-refractivity contribution in [3.63, 3.8) is 0 Å². The first kappa shape index (κ1) is 15.2. The first-order valence-corrected chi connectivity index (χ1v) is 6.17. The van der Waals surface area contributed by atoms with E-state index in [1.54, 1.807) is 7.05 Å². The fourth-order valence-electron chi connectivity index (χ4n) is 1.91. The summed E-state index contributed by atoms with van der Waals surface area (Å²) >= 11 is 0. The molecule has 0 atom stereocenters. The molecule has 0 fully saturated rings. The van der Waals surface area contributed by atoms with E-state index in [4.69, 9.17) is 5.11 Å². The third kappa shape index (κ3) is 2.66. The van der Waals surface area contributed by atoms with E-state index in [2.05, 4.69) is 20.8 Å². The van der Waals surface area contributed by atoms with Crippen LogP contribution in [-0.4, -0.2) is 49.5 Å². The van der Waals surface area contributed by atoms with Crippen molar-refractivity contribution in [2.45, 2.75) is 0 Å². The van der Waals surface area contributed by atoms with Crippen LogP contribution in [0.4, 0.5) is 5.69 Å². The van der Waals surface area contributed by atoms with E-state index in [0.717, 1.165) is 10.9 Å². The molecular weight excluding hydrogens is 292 g/mol. The molecule has 10 heteroatoms. The number of amides is 2. The maximum atomic E-state index is 12.3. The summed E-state index contributed by atoms with van der Waals surface area (Å²) < 4.78 is 2.51. The summed E-state index contributed by atoms with van der Waals surface area (Å²) in [6.07, 6.45) is 2.53. The molecule has 0 bridgehead atoms. The molecular formula is C12H14N6O4. The fourth-order valence-corrected chi connectivity index (χ4v) is 1.91.